The Kier molecular flexibility index (Phi) is 4.70. The van der Waals surface area contributed by atoms with Gasteiger partial charge in [0, 0.05) is 32.4 Å². The van der Waals surface area contributed by atoms with E-state index in [9.17, 15) is 13.2 Å². The lowest BCUT2D eigenvalue weighted by molar-refractivity contribution is 0.0590. The Labute approximate surface area is 125 Å². The van der Waals surface area contributed by atoms with E-state index in [-0.39, 0.29) is 16.4 Å². The van der Waals surface area contributed by atoms with Crippen molar-refractivity contribution in [2.75, 3.05) is 13.7 Å². The number of carbonyl (C=O) groups is 1. The minimum atomic E-state index is -3.80. The Morgan fingerprint density at radius 1 is 1.48 bits per heavy atom. The molecular weight excluding hydrogens is 316 g/mol. The number of methoxy groups -OCH3 is 1. The summed E-state index contributed by atoms with van der Waals surface area (Å²) < 4.78 is 32.9. The molecule has 0 fully saturated rings. The van der Waals surface area contributed by atoms with Crippen LogP contribution < -0.4 is 4.72 Å². The van der Waals surface area contributed by atoms with Crippen molar-refractivity contribution < 1.29 is 17.9 Å². The van der Waals surface area contributed by atoms with Gasteiger partial charge in [0.2, 0.25) is 0 Å². The maximum atomic E-state index is 12.2. The number of hydrogen-bond donors (Lipinski definition) is 1. The van der Waals surface area contributed by atoms with Crippen molar-refractivity contribution in [2.45, 2.75) is 10.6 Å². The summed E-state index contributed by atoms with van der Waals surface area (Å²) in [7, 11) is -0.799. The molecule has 21 heavy (non-hydrogen) atoms. The highest BCUT2D eigenvalue weighted by Gasteiger charge is 2.26. The zero-order valence-corrected chi connectivity index (χ0v) is 13.1. The first-order chi connectivity index (χ1) is 9.95. The number of sulfonamides is 1. The number of carbonyl (C=O) groups excluding carboxylic acids is 1. The zero-order valence-electron chi connectivity index (χ0n) is 11.4. The molecule has 114 valence electrons. The molecule has 0 aliphatic rings. The summed E-state index contributed by atoms with van der Waals surface area (Å²) in [6.45, 7) is 0.172. The van der Waals surface area contributed by atoms with Gasteiger partial charge in [-0.2, -0.15) is 0 Å². The quantitative estimate of drug-likeness (QED) is 0.758. The number of esters is 1. The largest absolute Gasteiger partial charge is 0.464 e. The molecule has 0 bridgehead atoms. The van der Waals surface area contributed by atoms with E-state index >= 15 is 0 Å². The van der Waals surface area contributed by atoms with E-state index in [1.54, 1.807) is 17.0 Å². The number of aromatic nitrogens is 3. The molecule has 0 unspecified atom stereocenters. The normalized spacial score (nSPS) is 11.5. The first kappa shape index (κ1) is 15.6. The highest BCUT2D eigenvalue weighted by Crippen LogP contribution is 2.20. The molecular formula is C11H14N4O4S2. The van der Waals surface area contributed by atoms with Gasteiger partial charge in [0.25, 0.3) is 10.0 Å². The van der Waals surface area contributed by atoms with Crippen molar-refractivity contribution in [1.29, 1.82) is 0 Å². The van der Waals surface area contributed by atoms with Crippen LogP contribution in [0, 0.1) is 0 Å². The van der Waals surface area contributed by atoms with Crippen LogP contribution in [-0.2, 0) is 28.2 Å². The Hall–Kier alpha value is -1.78. The number of hydrogen-bond acceptors (Lipinski definition) is 7. The molecule has 0 saturated heterocycles. The monoisotopic (exact) mass is 330 g/mol. The minimum Gasteiger partial charge on any atom is -0.464 e. The van der Waals surface area contributed by atoms with Crippen LogP contribution in [0.25, 0.3) is 0 Å². The van der Waals surface area contributed by atoms with Crippen LogP contribution >= 0.6 is 11.3 Å². The lowest BCUT2D eigenvalue weighted by Crippen LogP contribution is -2.27. The van der Waals surface area contributed by atoms with Crippen molar-refractivity contribution in [3.8, 4) is 0 Å². The van der Waals surface area contributed by atoms with Crippen molar-refractivity contribution >= 4 is 27.3 Å². The van der Waals surface area contributed by atoms with Gasteiger partial charge < -0.3 is 9.30 Å². The third-order valence-corrected chi connectivity index (χ3v) is 5.55. The van der Waals surface area contributed by atoms with Crippen LogP contribution in [0.3, 0.4) is 0 Å². The predicted octanol–water partition coefficient (Wildman–Crippen LogP) is 0.184. The predicted molar refractivity (Wildman–Crippen MR) is 75.6 cm³/mol. The zero-order chi connectivity index (χ0) is 15.5. The third-order valence-electron chi connectivity index (χ3n) is 2.72. The van der Waals surface area contributed by atoms with E-state index < -0.39 is 16.0 Å². The molecule has 8 nitrogen and oxygen atoms in total. The number of rotatable bonds is 6. The second kappa shape index (κ2) is 6.33. The van der Waals surface area contributed by atoms with Crippen LogP contribution in [-0.4, -0.2) is 42.6 Å². The van der Waals surface area contributed by atoms with Gasteiger partial charge in [-0.1, -0.05) is 0 Å². The summed E-state index contributed by atoms with van der Waals surface area (Å²) in [6, 6.07) is 0. The lowest BCUT2D eigenvalue weighted by Gasteiger charge is -2.06. The van der Waals surface area contributed by atoms with Crippen LogP contribution in [0.1, 0.15) is 16.3 Å². The fourth-order valence-corrected chi connectivity index (χ4v) is 3.87. The molecule has 0 saturated carbocycles. The standard InChI is InChI=1S/C11H14N4O4S2/c1-15-6-5-12-8(15)3-4-14-21(17,18)11-9(10(16)19-2)13-7-20-11/h5-7,14H,3-4H2,1-2H3. The minimum absolute atomic E-state index is 0.144. The first-order valence-corrected chi connectivity index (χ1v) is 8.29. The van der Waals surface area contributed by atoms with E-state index in [2.05, 4.69) is 19.4 Å². The molecule has 0 aliphatic heterocycles. The number of ether oxygens (including phenoxy) is 1. The summed E-state index contributed by atoms with van der Waals surface area (Å²) in [5.74, 6) is -0.0177. The Morgan fingerprint density at radius 2 is 2.24 bits per heavy atom. The molecule has 0 amide bonds. The fraction of sp³-hybridized carbons (Fsp3) is 0.364. The van der Waals surface area contributed by atoms with Crippen molar-refractivity contribution in [2.24, 2.45) is 7.05 Å². The first-order valence-electron chi connectivity index (χ1n) is 5.93. The maximum absolute atomic E-state index is 12.2. The van der Waals surface area contributed by atoms with E-state index in [0.29, 0.717) is 6.42 Å². The number of nitrogens with one attached hydrogen (secondary N) is 1. The highest BCUT2D eigenvalue weighted by atomic mass is 32.2. The molecule has 2 aromatic rings. The number of aryl methyl sites for hydroxylation is 1. The van der Waals surface area contributed by atoms with E-state index in [1.165, 1.54) is 12.6 Å². The number of nitrogens with zero attached hydrogens (tertiary/aromatic N) is 3. The molecule has 0 aromatic carbocycles. The average molecular weight is 330 g/mol. The second-order valence-electron chi connectivity index (χ2n) is 4.08. The van der Waals surface area contributed by atoms with Gasteiger partial charge in [0.15, 0.2) is 9.90 Å². The van der Waals surface area contributed by atoms with E-state index in [0.717, 1.165) is 17.2 Å². The van der Waals surface area contributed by atoms with Gasteiger partial charge >= 0.3 is 5.97 Å². The third kappa shape index (κ3) is 3.46. The maximum Gasteiger partial charge on any atom is 0.358 e. The second-order valence-corrected chi connectivity index (χ2v) is 6.90. The Bertz CT molecular complexity index is 735. The molecule has 2 aromatic heterocycles. The summed E-state index contributed by atoms with van der Waals surface area (Å²) in [5.41, 5.74) is 1.09. The van der Waals surface area contributed by atoms with Crippen LogP contribution in [0.4, 0.5) is 0 Å². The van der Waals surface area contributed by atoms with Crippen molar-refractivity contribution in [1.82, 2.24) is 19.3 Å². The average Bonchev–Trinajstić information content (AvgIpc) is 3.07. The van der Waals surface area contributed by atoms with Crippen LogP contribution in [0.15, 0.2) is 22.1 Å². The Morgan fingerprint density at radius 3 is 2.86 bits per heavy atom. The van der Waals surface area contributed by atoms with Gasteiger partial charge in [-0.3, -0.25) is 0 Å². The number of thiazole rings is 1. The molecule has 0 atom stereocenters. The van der Waals surface area contributed by atoms with Crippen LogP contribution in [0.5, 0.6) is 0 Å². The number of imidazole rings is 1. The van der Waals surface area contributed by atoms with Crippen molar-refractivity contribution in [3.63, 3.8) is 0 Å². The summed E-state index contributed by atoms with van der Waals surface area (Å²) >= 11 is 0.868. The van der Waals surface area contributed by atoms with Gasteiger partial charge in [0.05, 0.1) is 12.6 Å². The van der Waals surface area contributed by atoms with Gasteiger partial charge in [-0.25, -0.2) is 27.9 Å². The van der Waals surface area contributed by atoms with Gasteiger partial charge in [-0.05, 0) is 0 Å². The molecule has 2 rings (SSSR count). The molecule has 10 heteroatoms. The molecule has 0 spiro atoms. The molecule has 0 radical (unpaired) electrons. The fourth-order valence-electron chi connectivity index (χ4n) is 1.66. The smallest absolute Gasteiger partial charge is 0.358 e. The van der Waals surface area contributed by atoms with Crippen LogP contribution in [0.2, 0.25) is 0 Å². The van der Waals surface area contributed by atoms with Gasteiger partial charge in [0.1, 0.15) is 5.82 Å². The highest BCUT2D eigenvalue weighted by molar-refractivity contribution is 7.91. The lowest BCUT2D eigenvalue weighted by atomic mass is 10.4. The van der Waals surface area contributed by atoms with Crippen molar-refractivity contribution in [3.05, 3.63) is 29.4 Å². The molecule has 1 N–H and O–H groups in total. The Balaban J connectivity index is 2.07. The molecule has 2 heterocycles. The summed E-state index contributed by atoms with van der Waals surface area (Å²) in [4.78, 5) is 19.3. The summed E-state index contributed by atoms with van der Waals surface area (Å²) in [5, 5.41) is 0. The van der Waals surface area contributed by atoms with Gasteiger partial charge in [-0.15, -0.1) is 11.3 Å². The summed E-state index contributed by atoms with van der Waals surface area (Å²) in [6.07, 6.45) is 3.86. The van der Waals surface area contributed by atoms with E-state index in [1.807, 2.05) is 7.05 Å². The molecule has 0 aliphatic carbocycles. The topological polar surface area (TPSA) is 103 Å². The van der Waals surface area contributed by atoms with E-state index in [4.69, 9.17) is 0 Å². The SMILES string of the molecule is COC(=O)c1ncsc1S(=O)(=O)NCCc1nccn1C.